The molecule has 1 heterocycles. The van der Waals surface area contributed by atoms with Crippen LogP contribution >= 0.6 is 0 Å². The Kier molecular flexibility index (Phi) is 3.19. The SMILES string of the molecule is Cc1ncc(N(C)C(C)CN)cn1. The average Bonchev–Trinajstić information content (AvgIpc) is 2.17. The molecule has 4 nitrogen and oxygen atoms in total. The topological polar surface area (TPSA) is 55.0 Å². The van der Waals surface area contributed by atoms with Gasteiger partial charge in [0.1, 0.15) is 5.82 Å². The van der Waals surface area contributed by atoms with Gasteiger partial charge in [0.05, 0.1) is 18.1 Å². The van der Waals surface area contributed by atoms with Crippen molar-refractivity contribution >= 4 is 5.69 Å². The molecule has 0 aliphatic carbocycles. The van der Waals surface area contributed by atoms with Gasteiger partial charge >= 0.3 is 0 Å². The first-order chi connectivity index (χ1) is 6.15. The number of anilines is 1. The molecule has 0 fully saturated rings. The summed E-state index contributed by atoms with van der Waals surface area (Å²) in [5.74, 6) is 0.789. The second-order valence-corrected chi connectivity index (χ2v) is 3.18. The van der Waals surface area contributed by atoms with Crippen LogP contribution in [0.4, 0.5) is 5.69 Å². The van der Waals surface area contributed by atoms with E-state index in [0.717, 1.165) is 11.5 Å². The summed E-state index contributed by atoms with van der Waals surface area (Å²) in [6, 6.07) is 0.311. The van der Waals surface area contributed by atoms with Gasteiger partial charge in [-0.05, 0) is 13.8 Å². The Hall–Kier alpha value is -1.16. The highest BCUT2D eigenvalue weighted by atomic mass is 15.2. The summed E-state index contributed by atoms with van der Waals surface area (Å²) in [4.78, 5) is 10.3. The highest BCUT2D eigenvalue weighted by Crippen LogP contribution is 2.11. The van der Waals surface area contributed by atoms with Crippen LogP contribution in [0.3, 0.4) is 0 Å². The number of aromatic nitrogens is 2. The van der Waals surface area contributed by atoms with Crippen molar-refractivity contribution in [2.24, 2.45) is 5.73 Å². The van der Waals surface area contributed by atoms with Crippen LogP contribution < -0.4 is 10.6 Å². The Morgan fingerprint density at radius 2 is 2.00 bits per heavy atom. The van der Waals surface area contributed by atoms with Gasteiger partial charge in [0.25, 0.3) is 0 Å². The molecular formula is C9H16N4. The van der Waals surface area contributed by atoms with Crippen molar-refractivity contribution in [1.29, 1.82) is 0 Å². The molecule has 72 valence electrons. The molecule has 1 rings (SSSR count). The minimum absolute atomic E-state index is 0.311. The van der Waals surface area contributed by atoms with Crippen LogP contribution in [0.1, 0.15) is 12.7 Å². The van der Waals surface area contributed by atoms with Gasteiger partial charge in [-0.1, -0.05) is 0 Å². The first-order valence-corrected chi connectivity index (χ1v) is 4.36. The Labute approximate surface area is 78.8 Å². The van der Waals surface area contributed by atoms with Gasteiger partial charge in [-0.3, -0.25) is 0 Å². The molecule has 2 N–H and O–H groups in total. The van der Waals surface area contributed by atoms with Crippen LogP contribution in [0, 0.1) is 6.92 Å². The Balaban J connectivity index is 2.77. The zero-order valence-corrected chi connectivity index (χ0v) is 8.36. The molecule has 1 aromatic rings. The molecule has 0 spiro atoms. The summed E-state index contributed by atoms with van der Waals surface area (Å²) in [5.41, 5.74) is 6.56. The van der Waals surface area contributed by atoms with E-state index >= 15 is 0 Å². The molecule has 0 saturated carbocycles. The van der Waals surface area contributed by atoms with E-state index in [1.807, 2.05) is 26.4 Å². The summed E-state index contributed by atoms with van der Waals surface area (Å²) < 4.78 is 0. The molecule has 1 aromatic heterocycles. The molecule has 0 saturated heterocycles. The summed E-state index contributed by atoms with van der Waals surface area (Å²) in [7, 11) is 1.99. The lowest BCUT2D eigenvalue weighted by Crippen LogP contribution is -2.35. The predicted octanol–water partition coefficient (Wildman–Crippen LogP) is 0.568. The molecular weight excluding hydrogens is 164 g/mol. The number of hydrogen-bond acceptors (Lipinski definition) is 4. The number of rotatable bonds is 3. The molecule has 0 aliphatic rings. The van der Waals surface area contributed by atoms with Crippen LogP contribution in [0.2, 0.25) is 0 Å². The molecule has 0 bridgehead atoms. The van der Waals surface area contributed by atoms with E-state index in [1.54, 1.807) is 0 Å². The van der Waals surface area contributed by atoms with Gasteiger partial charge in [0.15, 0.2) is 0 Å². The Morgan fingerprint density at radius 3 is 2.46 bits per heavy atom. The predicted molar refractivity (Wildman–Crippen MR) is 53.7 cm³/mol. The zero-order valence-electron chi connectivity index (χ0n) is 8.36. The maximum atomic E-state index is 5.56. The number of nitrogens with two attached hydrogens (primary N) is 1. The lowest BCUT2D eigenvalue weighted by molar-refractivity contribution is 0.692. The minimum Gasteiger partial charge on any atom is -0.368 e. The largest absolute Gasteiger partial charge is 0.368 e. The molecule has 13 heavy (non-hydrogen) atoms. The van der Waals surface area contributed by atoms with E-state index in [1.165, 1.54) is 0 Å². The standard InChI is InChI=1S/C9H16N4/c1-7(4-10)13(3)9-5-11-8(2)12-6-9/h5-7H,4,10H2,1-3H3. The van der Waals surface area contributed by atoms with Crippen molar-refractivity contribution in [1.82, 2.24) is 9.97 Å². The van der Waals surface area contributed by atoms with E-state index < -0.39 is 0 Å². The highest BCUT2D eigenvalue weighted by molar-refractivity contribution is 5.41. The first kappa shape index (κ1) is 9.92. The molecule has 0 radical (unpaired) electrons. The van der Waals surface area contributed by atoms with Crippen LogP contribution in [0.15, 0.2) is 12.4 Å². The van der Waals surface area contributed by atoms with E-state index in [-0.39, 0.29) is 0 Å². The Bertz CT molecular complexity index is 257. The smallest absolute Gasteiger partial charge is 0.125 e. The number of nitrogens with zero attached hydrogens (tertiary/aromatic N) is 3. The number of hydrogen-bond donors (Lipinski definition) is 1. The van der Waals surface area contributed by atoms with Crippen molar-refractivity contribution in [2.75, 3.05) is 18.5 Å². The lowest BCUT2D eigenvalue weighted by Gasteiger charge is -2.24. The maximum Gasteiger partial charge on any atom is 0.125 e. The van der Waals surface area contributed by atoms with Gasteiger partial charge in [-0.2, -0.15) is 0 Å². The van der Waals surface area contributed by atoms with E-state index in [2.05, 4.69) is 21.8 Å². The zero-order chi connectivity index (χ0) is 9.84. The van der Waals surface area contributed by atoms with E-state index in [9.17, 15) is 0 Å². The van der Waals surface area contributed by atoms with Crippen molar-refractivity contribution in [3.05, 3.63) is 18.2 Å². The van der Waals surface area contributed by atoms with Gasteiger partial charge < -0.3 is 10.6 Å². The van der Waals surface area contributed by atoms with Crippen molar-refractivity contribution in [3.63, 3.8) is 0 Å². The lowest BCUT2D eigenvalue weighted by atomic mass is 10.3. The normalized spacial score (nSPS) is 12.6. The minimum atomic E-state index is 0.311. The monoisotopic (exact) mass is 180 g/mol. The molecule has 4 heteroatoms. The summed E-state index contributed by atoms with van der Waals surface area (Å²) >= 11 is 0. The number of aryl methyl sites for hydroxylation is 1. The van der Waals surface area contributed by atoms with Crippen LogP contribution in [-0.2, 0) is 0 Å². The van der Waals surface area contributed by atoms with Crippen molar-refractivity contribution in [3.8, 4) is 0 Å². The average molecular weight is 180 g/mol. The van der Waals surface area contributed by atoms with Gasteiger partial charge in [-0.25, -0.2) is 9.97 Å². The molecule has 1 unspecified atom stereocenters. The fraction of sp³-hybridized carbons (Fsp3) is 0.556. The second kappa shape index (κ2) is 4.18. The van der Waals surface area contributed by atoms with Gasteiger partial charge in [0, 0.05) is 19.6 Å². The first-order valence-electron chi connectivity index (χ1n) is 4.36. The summed E-state index contributed by atoms with van der Waals surface area (Å²) in [5, 5.41) is 0. The highest BCUT2D eigenvalue weighted by Gasteiger charge is 2.07. The van der Waals surface area contributed by atoms with Crippen LogP contribution in [0.25, 0.3) is 0 Å². The van der Waals surface area contributed by atoms with Crippen molar-refractivity contribution < 1.29 is 0 Å². The third-order valence-electron chi connectivity index (χ3n) is 2.18. The summed E-state index contributed by atoms with van der Waals surface area (Å²) in [6.45, 7) is 4.57. The fourth-order valence-corrected chi connectivity index (χ4v) is 0.981. The molecule has 0 aromatic carbocycles. The summed E-state index contributed by atoms with van der Waals surface area (Å²) in [6.07, 6.45) is 3.63. The number of likely N-dealkylation sites (N-methyl/N-ethyl adjacent to an activating group) is 1. The van der Waals surface area contributed by atoms with Crippen LogP contribution in [0.5, 0.6) is 0 Å². The molecule has 0 aliphatic heterocycles. The maximum absolute atomic E-state index is 5.56. The third kappa shape index (κ3) is 2.39. The second-order valence-electron chi connectivity index (χ2n) is 3.18. The molecule has 1 atom stereocenters. The van der Waals surface area contributed by atoms with Crippen LogP contribution in [-0.4, -0.2) is 29.6 Å². The van der Waals surface area contributed by atoms with Crippen molar-refractivity contribution in [2.45, 2.75) is 19.9 Å². The fourth-order valence-electron chi connectivity index (χ4n) is 0.981. The molecule has 0 amide bonds. The van der Waals surface area contributed by atoms with E-state index in [4.69, 9.17) is 5.73 Å². The Morgan fingerprint density at radius 1 is 1.46 bits per heavy atom. The van der Waals surface area contributed by atoms with Gasteiger partial charge in [-0.15, -0.1) is 0 Å². The van der Waals surface area contributed by atoms with Gasteiger partial charge in [0.2, 0.25) is 0 Å². The third-order valence-corrected chi connectivity index (χ3v) is 2.18. The van der Waals surface area contributed by atoms with E-state index in [0.29, 0.717) is 12.6 Å². The quantitative estimate of drug-likeness (QED) is 0.738.